The molecule has 242 valence electrons. The van der Waals surface area contributed by atoms with E-state index in [9.17, 15) is 28.7 Å². The third-order valence-electron chi connectivity index (χ3n) is 9.30. The molecule has 3 aliphatic heterocycles. The van der Waals surface area contributed by atoms with E-state index in [0.29, 0.717) is 22.7 Å². The number of nitrogens with zero attached hydrogens (tertiary/aromatic N) is 3. The summed E-state index contributed by atoms with van der Waals surface area (Å²) in [7, 11) is 0. The van der Waals surface area contributed by atoms with Crippen molar-refractivity contribution in [1.82, 2.24) is 9.80 Å². The van der Waals surface area contributed by atoms with E-state index in [1.165, 1.54) is 11.0 Å². The molecule has 11 heteroatoms. The number of carboxylic acids is 1. The number of hydrogen-bond donors (Lipinski definition) is 1. The molecule has 10 nitrogen and oxygen atoms in total. The molecule has 1 unspecified atom stereocenters. The third-order valence-corrected chi connectivity index (χ3v) is 9.30. The van der Waals surface area contributed by atoms with Crippen molar-refractivity contribution in [3.8, 4) is 11.5 Å². The largest absolute Gasteiger partial charge is 0.481 e. The van der Waals surface area contributed by atoms with E-state index >= 15 is 0 Å². The van der Waals surface area contributed by atoms with E-state index in [1.54, 1.807) is 36.1 Å². The summed E-state index contributed by atoms with van der Waals surface area (Å²) < 4.78 is 25.3. The van der Waals surface area contributed by atoms with E-state index in [-0.39, 0.29) is 75.3 Å². The maximum Gasteiger partial charge on any atom is 0.308 e. The molecule has 0 radical (unpaired) electrons. The second kappa shape index (κ2) is 14.0. The molecular weight excluding hydrogens is 581 g/mol. The number of anilines is 1. The smallest absolute Gasteiger partial charge is 0.308 e. The molecule has 2 saturated heterocycles. The Hall–Kier alpha value is -3.99. The molecule has 0 aromatic heterocycles. The first-order valence-electron chi connectivity index (χ1n) is 15.9. The van der Waals surface area contributed by atoms with Crippen LogP contribution >= 0.6 is 0 Å². The zero-order valence-electron chi connectivity index (χ0n) is 26.2. The zero-order valence-corrected chi connectivity index (χ0v) is 26.2. The van der Waals surface area contributed by atoms with Crippen LogP contribution in [0.1, 0.15) is 75.8 Å². The Morgan fingerprint density at radius 2 is 1.71 bits per heavy atom. The fourth-order valence-corrected chi connectivity index (χ4v) is 7.12. The quantitative estimate of drug-likeness (QED) is 0.314. The predicted molar refractivity (Wildman–Crippen MR) is 165 cm³/mol. The van der Waals surface area contributed by atoms with Crippen LogP contribution in [0.5, 0.6) is 11.5 Å². The molecule has 2 fully saturated rings. The lowest BCUT2D eigenvalue weighted by Gasteiger charge is -2.35. The highest BCUT2D eigenvalue weighted by atomic mass is 19.1. The summed E-state index contributed by atoms with van der Waals surface area (Å²) in [4.78, 5) is 57.0. The number of fused-ring (bicyclic) bond motifs is 1. The van der Waals surface area contributed by atoms with Crippen molar-refractivity contribution in [2.24, 2.45) is 5.92 Å². The van der Waals surface area contributed by atoms with Gasteiger partial charge in [0.2, 0.25) is 24.5 Å². The number of imide groups is 1. The van der Waals surface area contributed by atoms with Crippen molar-refractivity contribution in [1.29, 1.82) is 0 Å². The molecule has 0 saturated carbocycles. The van der Waals surface area contributed by atoms with Gasteiger partial charge in [0, 0.05) is 49.6 Å². The number of hydrogen-bond acceptors (Lipinski definition) is 7. The number of ether oxygens (including phenoxy) is 2. The van der Waals surface area contributed by atoms with Crippen molar-refractivity contribution >= 4 is 29.4 Å². The van der Waals surface area contributed by atoms with Gasteiger partial charge in [-0.1, -0.05) is 32.8 Å². The lowest BCUT2D eigenvalue weighted by Crippen LogP contribution is -2.48. The molecule has 45 heavy (non-hydrogen) atoms. The van der Waals surface area contributed by atoms with Crippen molar-refractivity contribution in [2.75, 3.05) is 31.3 Å². The number of halogens is 1. The number of benzene rings is 2. The maximum absolute atomic E-state index is 14.4. The summed E-state index contributed by atoms with van der Waals surface area (Å²) in [6.45, 7) is 6.16. The minimum Gasteiger partial charge on any atom is -0.481 e. The van der Waals surface area contributed by atoms with E-state index < -0.39 is 23.8 Å². The molecule has 3 aliphatic rings. The number of aryl methyl sites for hydroxylation is 1. The van der Waals surface area contributed by atoms with Gasteiger partial charge >= 0.3 is 5.97 Å². The van der Waals surface area contributed by atoms with Gasteiger partial charge in [0.1, 0.15) is 5.82 Å². The average molecular weight is 624 g/mol. The van der Waals surface area contributed by atoms with Crippen LogP contribution in [0.15, 0.2) is 36.4 Å². The zero-order chi connectivity index (χ0) is 32.2. The van der Waals surface area contributed by atoms with Crippen molar-refractivity contribution in [3.05, 3.63) is 53.3 Å². The normalized spacial score (nSPS) is 21.3. The Kier molecular flexibility index (Phi) is 10.1. The van der Waals surface area contributed by atoms with Crippen LogP contribution in [-0.4, -0.2) is 77.1 Å². The number of amides is 3. The Morgan fingerprint density at radius 3 is 2.36 bits per heavy atom. The maximum atomic E-state index is 14.4. The number of likely N-dealkylation sites (tertiary alicyclic amines) is 2. The first kappa shape index (κ1) is 32.4. The molecule has 5 rings (SSSR count). The number of aliphatic carboxylic acids is 1. The van der Waals surface area contributed by atoms with Gasteiger partial charge in [0.15, 0.2) is 11.5 Å². The summed E-state index contributed by atoms with van der Waals surface area (Å²) in [6.07, 6.45) is 3.74. The molecule has 3 heterocycles. The highest BCUT2D eigenvalue weighted by Gasteiger charge is 2.48. The van der Waals surface area contributed by atoms with Gasteiger partial charge in [0.25, 0.3) is 0 Å². The van der Waals surface area contributed by atoms with Gasteiger partial charge in [0.05, 0.1) is 12.5 Å². The van der Waals surface area contributed by atoms with Crippen LogP contribution in [0.2, 0.25) is 0 Å². The first-order valence-corrected chi connectivity index (χ1v) is 15.9. The van der Waals surface area contributed by atoms with Crippen LogP contribution < -0.4 is 14.4 Å². The molecule has 2 aromatic carbocycles. The monoisotopic (exact) mass is 623 g/mol. The van der Waals surface area contributed by atoms with Gasteiger partial charge in [-0.3, -0.25) is 29.0 Å². The molecule has 3 atom stereocenters. The van der Waals surface area contributed by atoms with E-state index in [4.69, 9.17) is 9.47 Å². The second-order valence-electron chi connectivity index (χ2n) is 12.2. The number of carboxylic acid groups (broad SMARTS) is 1. The average Bonchev–Trinajstić information content (AvgIpc) is 3.71. The summed E-state index contributed by atoms with van der Waals surface area (Å²) in [5, 5.41) is 10.6. The standard InChI is InChI=1S/C34H42FN3O7/c1-4-6-23(7-5-2)38(24-9-10-26(35)21(3)16-24)32(41)19-36-18-25(22-8-11-28-29(17-22)45-20-44-28)33(34(42)43)27(36)14-15-37-30(39)12-13-31(37)40/h8-11,16-17,23,25,27,33H,4-7,12-15,18-20H2,1-3H3,(H,42,43)/t25?,27-,33+/m1/s1. The van der Waals surface area contributed by atoms with Crippen molar-refractivity contribution < 1.29 is 38.1 Å². The first-order chi connectivity index (χ1) is 21.6. The summed E-state index contributed by atoms with van der Waals surface area (Å²) in [6, 6.07) is 9.33. The Balaban J connectivity index is 1.49. The molecular formula is C34H42FN3O7. The Morgan fingerprint density at radius 1 is 1.02 bits per heavy atom. The molecule has 1 N–H and O–H groups in total. The summed E-state index contributed by atoms with van der Waals surface area (Å²) in [5.41, 5.74) is 1.79. The SMILES string of the molecule is CCCC(CCC)N(C(=O)CN1CC(c2ccc3c(c2)OCO3)[C@H](C(=O)O)[C@H]1CCN1C(=O)CCC1=O)c1ccc(F)c(C)c1. The van der Waals surface area contributed by atoms with Crippen molar-refractivity contribution in [3.63, 3.8) is 0 Å². The summed E-state index contributed by atoms with van der Waals surface area (Å²) >= 11 is 0. The summed E-state index contributed by atoms with van der Waals surface area (Å²) in [5.74, 6) is -2.37. The van der Waals surface area contributed by atoms with Crippen LogP contribution in [0.25, 0.3) is 0 Å². The highest BCUT2D eigenvalue weighted by molar-refractivity contribution is 6.02. The topological polar surface area (TPSA) is 117 Å². The lowest BCUT2D eigenvalue weighted by atomic mass is 9.84. The van der Waals surface area contributed by atoms with Crippen LogP contribution in [-0.2, 0) is 19.2 Å². The van der Waals surface area contributed by atoms with Crippen molar-refractivity contribution in [2.45, 2.75) is 83.7 Å². The molecule has 2 aromatic rings. The van der Waals surface area contributed by atoms with E-state index in [1.807, 2.05) is 11.0 Å². The number of rotatable bonds is 13. The van der Waals surface area contributed by atoms with Gasteiger partial charge < -0.3 is 19.5 Å². The Bertz CT molecular complexity index is 1430. The number of carbonyl (C=O) groups excluding carboxylic acids is 3. The lowest BCUT2D eigenvalue weighted by molar-refractivity contribution is -0.143. The predicted octanol–water partition coefficient (Wildman–Crippen LogP) is 4.87. The number of carbonyl (C=O) groups is 4. The van der Waals surface area contributed by atoms with Gasteiger partial charge in [-0.05, 0) is 67.6 Å². The fraction of sp³-hybridized carbons (Fsp3) is 0.529. The highest BCUT2D eigenvalue weighted by Crippen LogP contribution is 2.43. The minimum atomic E-state index is -1.02. The minimum absolute atomic E-state index is 0.0717. The molecule has 3 amide bonds. The molecule has 0 aliphatic carbocycles. The van der Waals surface area contributed by atoms with Crippen LogP contribution in [0, 0.1) is 18.7 Å². The van der Waals surface area contributed by atoms with Gasteiger partial charge in [-0.25, -0.2) is 4.39 Å². The van der Waals surface area contributed by atoms with Crippen LogP contribution in [0.3, 0.4) is 0 Å². The third kappa shape index (κ3) is 6.83. The van der Waals surface area contributed by atoms with E-state index in [0.717, 1.165) is 31.2 Å². The van der Waals surface area contributed by atoms with Gasteiger partial charge in [-0.15, -0.1) is 0 Å². The Labute approximate surface area is 263 Å². The van der Waals surface area contributed by atoms with Crippen LogP contribution in [0.4, 0.5) is 10.1 Å². The van der Waals surface area contributed by atoms with E-state index in [2.05, 4.69) is 13.8 Å². The van der Waals surface area contributed by atoms with Gasteiger partial charge in [-0.2, -0.15) is 0 Å². The second-order valence-corrected chi connectivity index (χ2v) is 12.2. The molecule has 0 spiro atoms. The fourth-order valence-electron chi connectivity index (χ4n) is 7.12. The molecule has 0 bridgehead atoms.